The number of carbonyl (C=O) groups is 6. The molecule has 11 nitrogen and oxygen atoms in total. The van der Waals surface area contributed by atoms with Crippen molar-refractivity contribution in [2.75, 3.05) is 6.61 Å². The number of carboxylic acids is 1. The highest BCUT2D eigenvalue weighted by atomic mass is 16.5. The number of fused-ring (bicyclic) bond motifs is 5. The van der Waals surface area contributed by atoms with Crippen LogP contribution in [0.3, 0.4) is 0 Å². The number of primary amides is 1. The van der Waals surface area contributed by atoms with Crippen LogP contribution in [-0.4, -0.2) is 63.8 Å². The van der Waals surface area contributed by atoms with Crippen LogP contribution in [0.1, 0.15) is 90.9 Å². The largest absolute Gasteiger partial charge is 0.480 e. The lowest BCUT2D eigenvalue weighted by atomic mass is 9.46. The van der Waals surface area contributed by atoms with Gasteiger partial charge >= 0.3 is 11.9 Å². The van der Waals surface area contributed by atoms with E-state index in [1.165, 1.54) is 5.57 Å². The van der Waals surface area contributed by atoms with Crippen molar-refractivity contribution in [2.24, 2.45) is 34.3 Å². The van der Waals surface area contributed by atoms with Gasteiger partial charge in [0.2, 0.25) is 17.6 Å². The number of esters is 1. The molecule has 226 valence electrons. The zero-order valence-corrected chi connectivity index (χ0v) is 23.9. The highest BCUT2D eigenvalue weighted by Crippen LogP contribution is 2.67. The number of aliphatic hydroxyl groups is 1. The third kappa shape index (κ3) is 5.82. The molecule has 0 bridgehead atoms. The monoisotopic (exact) mass is 574 g/mol. The fourth-order valence-corrected chi connectivity index (χ4v) is 8.40. The van der Waals surface area contributed by atoms with E-state index < -0.39 is 53.2 Å². The SMILES string of the molecule is C[C@]12CCC(=O)C=C1CC[C@@H]1[C@@H]2CC[C@@]2(C)[C@H]1CC[C@]2(O)C(=O)COC(=O)CCC(=O)N[C@@H](CCC(N)=O)C(=O)O. The van der Waals surface area contributed by atoms with Crippen LogP contribution in [0.2, 0.25) is 0 Å². The van der Waals surface area contributed by atoms with Gasteiger partial charge in [0.25, 0.3) is 0 Å². The van der Waals surface area contributed by atoms with Gasteiger partial charge in [-0.2, -0.15) is 0 Å². The molecule has 5 N–H and O–H groups in total. The number of Topliss-reactive ketones (excluding diaryl/α,β-unsaturated/α-hetero) is 1. The maximum Gasteiger partial charge on any atom is 0.326 e. The number of nitrogens with one attached hydrogen (secondary N) is 1. The Balaban J connectivity index is 1.31. The molecule has 3 fully saturated rings. The lowest BCUT2D eigenvalue weighted by molar-refractivity contribution is -0.170. The van der Waals surface area contributed by atoms with Gasteiger partial charge in [-0.3, -0.25) is 24.0 Å². The van der Waals surface area contributed by atoms with E-state index in [-0.39, 0.29) is 42.8 Å². The maximum absolute atomic E-state index is 13.3. The maximum atomic E-state index is 13.3. The van der Waals surface area contributed by atoms with Crippen LogP contribution in [0.15, 0.2) is 11.6 Å². The number of rotatable bonds is 11. The van der Waals surface area contributed by atoms with Crippen molar-refractivity contribution in [3.63, 3.8) is 0 Å². The van der Waals surface area contributed by atoms with Crippen LogP contribution < -0.4 is 11.1 Å². The number of ketones is 2. The Morgan fingerprint density at radius 1 is 1.02 bits per heavy atom. The second-order valence-electron chi connectivity index (χ2n) is 12.9. The van der Waals surface area contributed by atoms with Crippen LogP contribution in [0, 0.1) is 28.6 Å². The number of allylic oxidation sites excluding steroid dienone is 1. The molecule has 0 spiro atoms. The average Bonchev–Trinajstić information content (AvgIpc) is 3.20. The molecule has 0 unspecified atom stereocenters. The molecule has 0 aromatic carbocycles. The Kier molecular flexibility index (Phi) is 8.78. The van der Waals surface area contributed by atoms with Gasteiger partial charge in [0.1, 0.15) is 11.6 Å². The van der Waals surface area contributed by atoms with Crippen molar-refractivity contribution in [3.8, 4) is 0 Å². The summed E-state index contributed by atoms with van der Waals surface area (Å²) in [5.74, 6) is -2.97. The topological polar surface area (TPSA) is 190 Å². The molecule has 0 heterocycles. The average molecular weight is 575 g/mol. The summed E-state index contributed by atoms with van der Waals surface area (Å²) in [6, 6.07) is -1.32. The predicted octanol–water partition coefficient (Wildman–Crippen LogP) is 1.98. The van der Waals surface area contributed by atoms with Gasteiger partial charge in [0, 0.05) is 24.7 Å². The molecule has 0 radical (unpaired) electrons. The number of nitrogens with two attached hydrogens (primary N) is 1. The van der Waals surface area contributed by atoms with Crippen LogP contribution in [0.25, 0.3) is 0 Å². The van der Waals surface area contributed by atoms with Gasteiger partial charge in [-0.1, -0.05) is 19.4 Å². The van der Waals surface area contributed by atoms with Crippen molar-refractivity contribution < 1.29 is 43.7 Å². The quantitative estimate of drug-likeness (QED) is 0.267. The summed E-state index contributed by atoms with van der Waals surface area (Å²) in [5.41, 5.74) is 4.01. The van der Waals surface area contributed by atoms with Crippen molar-refractivity contribution in [1.29, 1.82) is 0 Å². The minimum absolute atomic E-state index is 0.0168. The molecule has 0 aromatic heterocycles. The molecule has 4 rings (SSSR count). The van der Waals surface area contributed by atoms with Crippen LogP contribution in [-0.2, 0) is 33.5 Å². The van der Waals surface area contributed by atoms with E-state index in [0.717, 1.165) is 25.7 Å². The Hall–Kier alpha value is -3.08. The fourth-order valence-electron chi connectivity index (χ4n) is 8.40. The van der Waals surface area contributed by atoms with Crippen LogP contribution in [0.4, 0.5) is 0 Å². The summed E-state index contributed by atoms with van der Waals surface area (Å²) in [5, 5.41) is 23.2. The molecule has 2 amide bonds. The number of amides is 2. The Labute approximate surface area is 239 Å². The molecule has 7 atom stereocenters. The number of aliphatic carboxylic acids is 1. The van der Waals surface area contributed by atoms with Crippen molar-refractivity contribution in [3.05, 3.63) is 11.6 Å². The second-order valence-corrected chi connectivity index (χ2v) is 12.9. The third-order valence-electron chi connectivity index (χ3n) is 10.8. The third-order valence-corrected chi connectivity index (χ3v) is 10.8. The molecule has 11 heteroatoms. The summed E-state index contributed by atoms with van der Waals surface area (Å²) < 4.78 is 5.15. The van der Waals surface area contributed by atoms with Gasteiger partial charge < -0.3 is 26.0 Å². The molecule has 3 saturated carbocycles. The van der Waals surface area contributed by atoms with Crippen LogP contribution in [0.5, 0.6) is 0 Å². The Bertz CT molecular complexity index is 1160. The van der Waals surface area contributed by atoms with E-state index in [9.17, 15) is 39.0 Å². The van der Waals surface area contributed by atoms with Crippen molar-refractivity contribution in [2.45, 2.75) is 103 Å². The van der Waals surface area contributed by atoms with Gasteiger partial charge in [-0.15, -0.1) is 0 Å². The lowest BCUT2D eigenvalue weighted by Crippen LogP contribution is -2.58. The molecule has 4 aliphatic carbocycles. The van der Waals surface area contributed by atoms with Gasteiger partial charge in [-0.25, -0.2) is 4.79 Å². The standard InChI is InChI=1S/C30H42N2O9/c1-28-12-9-18(33)15-17(28)3-4-19-20(28)10-13-29(2)21(19)11-14-30(29,40)23(34)16-41-26(37)8-7-25(36)32-22(27(38)39)5-6-24(31)35/h15,19-22,40H,3-14,16H2,1-2H3,(H2,31,35)(H,32,36)(H,38,39)/t19-,20+,21+,22+,28+,29+,30+/m1/s1. The van der Waals surface area contributed by atoms with Gasteiger partial charge in [0.15, 0.2) is 12.4 Å². The van der Waals surface area contributed by atoms with Gasteiger partial charge in [-0.05, 0) is 80.6 Å². The fraction of sp³-hybridized carbons (Fsp3) is 0.733. The zero-order chi connectivity index (χ0) is 30.2. The molecular formula is C30H42N2O9. The smallest absolute Gasteiger partial charge is 0.326 e. The second kappa shape index (κ2) is 11.7. The molecule has 41 heavy (non-hydrogen) atoms. The Morgan fingerprint density at radius 2 is 1.73 bits per heavy atom. The number of hydrogen-bond acceptors (Lipinski definition) is 8. The highest BCUT2D eigenvalue weighted by Gasteiger charge is 2.66. The summed E-state index contributed by atoms with van der Waals surface area (Å²) in [4.78, 5) is 72.0. The minimum Gasteiger partial charge on any atom is -0.480 e. The Morgan fingerprint density at radius 3 is 2.41 bits per heavy atom. The molecular weight excluding hydrogens is 532 g/mol. The van der Waals surface area contributed by atoms with Crippen LogP contribution >= 0.6 is 0 Å². The first-order valence-corrected chi connectivity index (χ1v) is 14.7. The van der Waals surface area contributed by atoms with Crippen molar-refractivity contribution in [1.82, 2.24) is 5.32 Å². The molecule has 0 aromatic rings. The minimum atomic E-state index is -1.62. The normalized spacial score (nSPS) is 34.8. The van der Waals surface area contributed by atoms with E-state index in [1.807, 2.05) is 13.0 Å². The summed E-state index contributed by atoms with van der Waals surface area (Å²) >= 11 is 0. The number of hydrogen-bond donors (Lipinski definition) is 4. The summed E-state index contributed by atoms with van der Waals surface area (Å²) in [7, 11) is 0. The van der Waals surface area contributed by atoms with Gasteiger partial charge in [0.05, 0.1) is 6.42 Å². The zero-order valence-electron chi connectivity index (χ0n) is 23.9. The van der Waals surface area contributed by atoms with E-state index in [0.29, 0.717) is 37.5 Å². The summed E-state index contributed by atoms with van der Waals surface area (Å²) in [6.45, 7) is 3.66. The lowest BCUT2D eigenvalue weighted by Gasteiger charge is -2.58. The van der Waals surface area contributed by atoms with Crippen molar-refractivity contribution >= 4 is 35.3 Å². The van der Waals surface area contributed by atoms with E-state index >= 15 is 0 Å². The number of carbonyl (C=O) groups excluding carboxylic acids is 5. The molecule has 0 saturated heterocycles. The predicted molar refractivity (Wildman–Crippen MR) is 145 cm³/mol. The first kappa shape index (κ1) is 30.9. The number of carboxylic acid groups (broad SMARTS) is 1. The first-order valence-electron chi connectivity index (χ1n) is 14.7. The van der Waals surface area contributed by atoms with E-state index in [4.69, 9.17) is 10.5 Å². The highest BCUT2D eigenvalue weighted by molar-refractivity contribution is 5.92. The van der Waals surface area contributed by atoms with E-state index in [2.05, 4.69) is 12.2 Å². The molecule has 0 aliphatic heterocycles. The number of ether oxygens (including phenoxy) is 1. The first-order chi connectivity index (χ1) is 19.2. The summed E-state index contributed by atoms with van der Waals surface area (Å²) in [6.07, 6.45) is 6.50. The van der Waals surface area contributed by atoms with E-state index in [1.54, 1.807) is 0 Å². The molecule has 4 aliphatic rings.